The number of ketones is 1. The molecule has 25 heavy (non-hydrogen) atoms. The number of rotatable bonds is 6. The number of carbonyl (C=O) groups is 2. The number of hydrogen-bond donors (Lipinski definition) is 0. The molecule has 2 aromatic carbocycles. The van der Waals surface area contributed by atoms with Crippen LogP contribution in [0.1, 0.15) is 40.9 Å². The van der Waals surface area contributed by atoms with Crippen molar-refractivity contribution < 1.29 is 19.1 Å². The molecule has 130 valence electrons. The van der Waals surface area contributed by atoms with Crippen LogP contribution in [0.2, 0.25) is 0 Å². The minimum atomic E-state index is -0.336. The summed E-state index contributed by atoms with van der Waals surface area (Å²) in [4.78, 5) is 26.4. The highest BCUT2D eigenvalue weighted by Crippen LogP contribution is 2.37. The van der Waals surface area contributed by atoms with Crippen molar-refractivity contribution in [2.45, 2.75) is 25.9 Å². The van der Waals surface area contributed by atoms with E-state index in [-0.39, 0.29) is 24.2 Å². The molecular formula is C20H21NO4. The second-order valence-electron chi connectivity index (χ2n) is 6.13. The molecule has 0 radical (unpaired) electrons. The molecule has 0 aliphatic carbocycles. The van der Waals surface area contributed by atoms with Gasteiger partial charge in [-0.1, -0.05) is 24.3 Å². The highest BCUT2D eigenvalue weighted by atomic mass is 16.5. The van der Waals surface area contributed by atoms with Crippen LogP contribution >= 0.6 is 0 Å². The third kappa shape index (κ3) is 3.22. The largest absolute Gasteiger partial charge is 0.493 e. The predicted molar refractivity (Wildman–Crippen MR) is 93.9 cm³/mol. The lowest BCUT2D eigenvalue weighted by Crippen LogP contribution is -2.30. The molecule has 1 unspecified atom stereocenters. The number of fused-ring (bicyclic) bond motifs is 1. The fourth-order valence-corrected chi connectivity index (χ4v) is 3.27. The Bertz CT molecular complexity index is 815. The maximum atomic E-state index is 12.8. The summed E-state index contributed by atoms with van der Waals surface area (Å²) in [6.45, 7) is 2.04. The van der Waals surface area contributed by atoms with Crippen LogP contribution in [-0.2, 0) is 11.3 Å². The van der Waals surface area contributed by atoms with Crippen molar-refractivity contribution >= 4 is 11.7 Å². The van der Waals surface area contributed by atoms with Crippen LogP contribution in [0.5, 0.6) is 11.5 Å². The molecule has 1 atom stereocenters. The summed E-state index contributed by atoms with van der Waals surface area (Å²) in [5.74, 6) is 1.18. The summed E-state index contributed by atoms with van der Waals surface area (Å²) in [6.07, 6.45) is 0.259. The quantitative estimate of drug-likeness (QED) is 0.809. The summed E-state index contributed by atoms with van der Waals surface area (Å²) >= 11 is 0. The fourth-order valence-electron chi connectivity index (χ4n) is 3.27. The first kappa shape index (κ1) is 17.0. The van der Waals surface area contributed by atoms with Crippen LogP contribution in [-0.4, -0.2) is 30.8 Å². The van der Waals surface area contributed by atoms with Gasteiger partial charge in [0.2, 0.25) is 0 Å². The Morgan fingerprint density at radius 1 is 1.12 bits per heavy atom. The first-order valence-corrected chi connectivity index (χ1v) is 8.15. The first-order chi connectivity index (χ1) is 12.0. The smallest absolute Gasteiger partial charge is 0.255 e. The van der Waals surface area contributed by atoms with E-state index in [9.17, 15) is 9.59 Å². The number of carbonyl (C=O) groups excluding carboxylic acids is 2. The van der Waals surface area contributed by atoms with Crippen molar-refractivity contribution in [3.8, 4) is 11.5 Å². The van der Waals surface area contributed by atoms with Gasteiger partial charge >= 0.3 is 0 Å². The first-order valence-electron chi connectivity index (χ1n) is 8.15. The highest BCUT2D eigenvalue weighted by molar-refractivity contribution is 5.98. The summed E-state index contributed by atoms with van der Waals surface area (Å²) in [5.41, 5.74) is 2.55. The summed E-state index contributed by atoms with van der Waals surface area (Å²) in [7, 11) is 3.14. The molecule has 1 aliphatic heterocycles. The zero-order valence-electron chi connectivity index (χ0n) is 14.6. The van der Waals surface area contributed by atoms with E-state index in [0.717, 1.165) is 11.1 Å². The van der Waals surface area contributed by atoms with Crippen molar-refractivity contribution in [3.63, 3.8) is 0 Å². The number of amides is 1. The lowest BCUT2D eigenvalue weighted by molar-refractivity contribution is -0.118. The maximum Gasteiger partial charge on any atom is 0.255 e. The molecule has 3 rings (SSSR count). The van der Waals surface area contributed by atoms with Crippen molar-refractivity contribution in [2.75, 3.05) is 14.2 Å². The molecule has 5 nitrogen and oxygen atoms in total. The van der Waals surface area contributed by atoms with Gasteiger partial charge in [-0.3, -0.25) is 9.59 Å². The van der Waals surface area contributed by atoms with Crippen molar-refractivity contribution in [2.24, 2.45) is 0 Å². The van der Waals surface area contributed by atoms with Gasteiger partial charge in [0.15, 0.2) is 11.5 Å². The molecule has 0 spiro atoms. The van der Waals surface area contributed by atoms with E-state index in [1.54, 1.807) is 32.1 Å². The van der Waals surface area contributed by atoms with E-state index in [4.69, 9.17) is 9.47 Å². The van der Waals surface area contributed by atoms with Gasteiger partial charge in [0.05, 0.1) is 20.3 Å². The summed E-state index contributed by atoms with van der Waals surface area (Å²) in [6, 6.07) is 12.7. The topological polar surface area (TPSA) is 55.8 Å². The van der Waals surface area contributed by atoms with Gasteiger partial charge in [-0.15, -0.1) is 0 Å². The van der Waals surface area contributed by atoms with E-state index in [2.05, 4.69) is 0 Å². The van der Waals surface area contributed by atoms with Crippen molar-refractivity contribution in [1.82, 2.24) is 4.90 Å². The zero-order valence-corrected chi connectivity index (χ0v) is 14.6. The average Bonchev–Trinajstić information content (AvgIpc) is 2.96. The molecule has 1 aliphatic rings. The molecule has 0 aromatic heterocycles. The number of benzene rings is 2. The predicted octanol–water partition coefficient (Wildman–Crippen LogP) is 3.38. The Hall–Kier alpha value is -2.82. The van der Waals surface area contributed by atoms with Gasteiger partial charge in [0.1, 0.15) is 5.78 Å². The Morgan fingerprint density at radius 2 is 1.84 bits per heavy atom. The molecule has 5 heteroatoms. The third-order valence-corrected chi connectivity index (χ3v) is 4.50. The van der Waals surface area contributed by atoms with E-state index in [1.807, 2.05) is 36.4 Å². The molecule has 0 bridgehead atoms. The van der Waals surface area contributed by atoms with Crippen LogP contribution < -0.4 is 9.47 Å². The van der Waals surface area contributed by atoms with Gasteiger partial charge < -0.3 is 14.4 Å². The van der Waals surface area contributed by atoms with Crippen molar-refractivity contribution in [3.05, 3.63) is 59.2 Å². The Labute approximate surface area is 147 Å². The fraction of sp³-hybridized carbons (Fsp3) is 0.300. The Balaban J connectivity index is 1.99. The van der Waals surface area contributed by atoms with Gasteiger partial charge in [-0.2, -0.15) is 0 Å². The third-order valence-electron chi connectivity index (χ3n) is 4.50. The number of nitrogens with zero attached hydrogens (tertiary/aromatic N) is 1. The zero-order chi connectivity index (χ0) is 18.0. The molecule has 0 N–H and O–H groups in total. The molecular weight excluding hydrogens is 318 g/mol. The summed E-state index contributed by atoms with van der Waals surface area (Å²) in [5, 5.41) is 0. The van der Waals surface area contributed by atoms with E-state index >= 15 is 0 Å². The lowest BCUT2D eigenvalue weighted by atomic mass is 9.99. The number of methoxy groups -OCH3 is 2. The number of hydrogen-bond acceptors (Lipinski definition) is 4. The molecule has 0 fully saturated rings. The second-order valence-corrected chi connectivity index (χ2v) is 6.13. The van der Waals surface area contributed by atoms with Crippen molar-refractivity contribution in [1.29, 1.82) is 0 Å². The lowest BCUT2D eigenvalue weighted by Gasteiger charge is -2.28. The average molecular weight is 339 g/mol. The molecule has 0 saturated heterocycles. The number of Topliss-reactive ketones (excluding diaryl/α,β-unsaturated/α-hetero) is 1. The molecule has 1 heterocycles. The molecule has 2 aromatic rings. The monoisotopic (exact) mass is 339 g/mol. The minimum Gasteiger partial charge on any atom is -0.493 e. The van der Waals surface area contributed by atoms with Gasteiger partial charge in [0.25, 0.3) is 5.91 Å². The van der Waals surface area contributed by atoms with E-state index < -0.39 is 0 Å². The second kappa shape index (κ2) is 6.97. The number of ether oxygens (including phenoxy) is 2. The normalized spacial score (nSPS) is 14.2. The van der Waals surface area contributed by atoms with Crippen LogP contribution in [0.15, 0.2) is 42.5 Å². The maximum absolute atomic E-state index is 12.8. The highest BCUT2D eigenvalue weighted by Gasteiger charge is 2.34. The molecule has 1 amide bonds. The van der Waals surface area contributed by atoms with E-state index in [1.165, 1.54) is 0 Å². The van der Waals surface area contributed by atoms with Crippen LogP contribution in [0.4, 0.5) is 0 Å². The minimum absolute atomic E-state index is 0.0311. The summed E-state index contributed by atoms with van der Waals surface area (Å²) < 4.78 is 10.6. The Morgan fingerprint density at radius 3 is 2.48 bits per heavy atom. The van der Waals surface area contributed by atoms with Crippen LogP contribution in [0, 0.1) is 0 Å². The van der Waals surface area contributed by atoms with Gasteiger partial charge in [-0.05, 0) is 36.2 Å². The molecule has 0 saturated carbocycles. The van der Waals surface area contributed by atoms with Gasteiger partial charge in [0, 0.05) is 18.5 Å². The van der Waals surface area contributed by atoms with E-state index in [0.29, 0.717) is 23.6 Å². The van der Waals surface area contributed by atoms with Gasteiger partial charge in [-0.25, -0.2) is 0 Å². The van der Waals surface area contributed by atoms with Crippen LogP contribution in [0.25, 0.3) is 0 Å². The van der Waals surface area contributed by atoms with Crippen LogP contribution in [0.3, 0.4) is 0 Å². The Kier molecular flexibility index (Phi) is 4.74. The SMILES string of the molecule is COc1ccc(C(CC(C)=O)N2Cc3ccccc3C2=O)cc1OC. The standard InChI is InChI=1S/C20H21NO4/c1-13(22)10-17(14-8-9-18(24-2)19(11-14)25-3)21-12-15-6-4-5-7-16(15)20(21)23/h4-9,11,17H,10,12H2,1-3H3.